The molecule has 2 aromatic rings. The van der Waals surface area contributed by atoms with Crippen LogP contribution in [0.2, 0.25) is 5.02 Å². The van der Waals surface area contributed by atoms with Gasteiger partial charge in [0.2, 0.25) is 0 Å². The number of nitrogens with two attached hydrogens (primary N) is 1. The molecule has 1 aliphatic rings. The molecule has 102 valence electrons. The van der Waals surface area contributed by atoms with Gasteiger partial charge in [-0.3, -0.25) is 0 Å². The monoisotopic (exact) mass is 411 g/mol. The molecule has 1 saturated carbocycles. The summed E-state index contributed by atoms with van der Waals surface area (Å²) in [6.45, 7) is 0. The van der Waals surface area contributed by atoms with Gasteiger partial charge in [0, 0.05) is 9.13 Å². The Kier molecular flexibility index (Phi) is 4.39. The fourth-order valence-electron chi connectivity index (χ4n) is 1.95. The summed E-state index contributed by atoms with van der Waals surface area (Å²) in [5.74, 6) is 1.10. The molecule has 2 N–H and O–H groups in total. The van der Waals surface area contributed by atoms with Crippen LogP contribution in [-0.4, -0.2) is 10.1 Å². The number of halogens is 3. The predicted molar refractivity (Wildman–Crippen MR) is 84.4 cm³/mol. The van der Waals surface area contributed by atoms with Crippen LogP contribution in [0.25, 0.3) is 11.5 Å². The van der Waals surface area contributed by atoms with E-state index in [-0.39, 0.29) is 17.9 Å². The first kappa shape index (κ1) is 15.0. The van der Waals surface area contributed by atoms with Crippen LogP contribution < -0.4 is 5.73 Å². The van der Waals surface area contributed by atoms with Crippen molar-refractivity contribution < 1.29 is 4.52 Å². The number of hydrogen-bond acceptors (Lipinski definition) is 4. The largest absolute Gasteiger partial charge is 0.334 e. The van der Waals surface area contributed by atoms with E-state index in [0.717, 1.165) is 28.4 Å². The first-order valence-electron chi connectivity index (χ1n) is 5.67. The highest BCUT2D eigenvalue weighted by Gasteiger charge is 2.39. The van der Waals surface area contributed by atoms with Gasteiger partial charge in [-0.15, -0.1) is 12.4 Å². The van der Waals surface area contributed by atoms with Crippen LogP contribution in [0.5, 0.6) is 0 Å². The van der Waals surface area contributed by atoms with Crippen LogP contribution in [0.3, 0.4) is 0 Å². The zero-order chi connectivity index (χ0) is 12.8. The molecule has 1 aromatic carbocycles. The lowest BCUT2D eigenvalue weighted by molar-refractivity contribution is 0.229. The van der Waals surface area contributed by atoms with E-state index in [1.807, 2.05) is 18.2 Å². The first-order chi connectivity index (χ1) is 8.58. The predicted octanol–water partition coefficient (Wildman–Crippen LogP) is 3.75. The van der Waals surface area contributed by atoms with E-state index in [2.05, 4.69) is 32.7 Å². The third-order valence-electron chi connectivity index (χ3n) is 3.28. The maximum atomic E-state index is 6.16. The average Bonchev–Trinajstić information content (AvgIpc) is 2.79. The molecule has 0 aliphatic heterocycles. The molecule has 19 heavy (non-hydrogen) atoms. The molecule has 0 saturated heterocycles. The Morgan fingerprint density at radius 1 is 1.37 bits per heavy atom. The highest BCUT2D eigenvalue weighted by atomic mass is 127. The second-order valence-corrected chi connectivity index (χ2v) is 6.13. The summed E-state index contributed by atoms with van der Waals surface area (Å²) in [5.41, 5.74) is 6.64. The van der Waals surface area contributed by atoms with Crippen molar-refractivity contribution in [2.75, 3.05) is 0 Å². The summed E-state index contributed by atoms with van der Waals surface area (Å²) in [6, 6.07) is 5.61. The van der Waals surface area contributed by atoms with E-state index in [1.165, 1.54) is 0 Å². The number of hydrogen-bond donors (Lipinski definition) is 1. The molecule has 7 heteroatoms. The Bertz CT molecular complexity index is 598. The van der Waals surface area contributed by atoms with Gasteiger partial charge in [-0.2, -0.15) is 4.98 Å². The molecule has 0 spiro atoms. The number of benzene rings is 1. The summed E-state index contributed by atoms with van der Waals surface area (Å²) < 4.78 is 6.24. The zero-order valence-electron chi connectivity index (χ0n) is 9.90. The molecule has 3 rings (SSSR count). The van der Waals surface area contributed by atoms with Crippen LogP contribution in [0.15, 0.2) is 22.7 Å². The molecule has 0 unspecified atom stereocenters. The van der Waals surface area contributed by atoms with Crippen LogP contribution >= 0.6 is 46.6 Å². The van der Waals surface area contributed by atoms with Gasteiger partial charge in [-0.05, 0) is 60.1 Å². The van der Waals surface area contributed by atoms with Crippen molar-refractivity contribution in [3.05, 3.63) is 32.6 Å². The molecular formula is C12H12Cl2IN3O. The molecule has 1 fully saturated rings. The van der Waals surface area contributed by atoms with Gasteiger partial charge in [0.25, 0.3) is 5.89 Å². The van der Waals surface area contributed by atoms with Crippen LogP contribution in [0.4, 0.5) is 0 Å². The van der Waals surface area contributed by atoms with E-state index in [0.29, 0.717) is 16.7 Å². The zero-order valence-corrected chi connectivity index (χ0v) is 13.6. The van der Waals surface area contributed by atoms with Crippen molar-refractivity contribution in [3.8, 4) is 11.5 Å². The first-order valence-corrected chi connectivity index (χ1v) is 7.13. The molecule has 1 aromatic heterocycles. The van der Waals surface area contributed by atoms with Gasteiger partial charge in [0.15, 0.2) is 5.82 Å². The van der Waals surface area contributed by atoms with Crippen molar-refractivity contribution in [2.24, 2.45) is 5.73 Å². The summed E-state index contributed by atoms with van der Waals surface area (Å²) in [7, 11) is 0. The standard InChI is InChI=1S/C12H11ClIN3O.ClH/c13-8-3-2-7(6-9(8)14)10-16-11(17-18-10)12(15)4-1-5-12;/h2-3,6H,1,4-5,15H2;1H. The van der Waals surface area contributed by atoms with Gasteiger partial charge < -0.3 is 10.3 Å². The molecule has 0 atom stereocenters. The summed E-state index contributed by atoms with van der Waals surface area (Å²) in [5, 5.41) is 4.71. The quantitative estimate of drug-likeness (QED) is 0.764. The lowest BCUT2D eigenvalue weighted by atomic mass is 9.77. The summed E-state index contributed by atoms with van der Waals surface area (Å²) in [4.78, 5) is 4.40. The minimum atomic E-state index is -0.388. The molecule has 1 heterocycles. The average molecular weight is 412 g/mol. The van der Waals surface area contributed by atoms with Crippen molar-refractivity contribution in [1.29, 1.82) is 0 Å². The molecule has 0 radical (unpaired) electrons. The minimum Gasteiger partial charge on any atom is -0.334 e. The Morgan fingerprint density at radius 2 is 2.11 bits per heavy atom. The molecule has 1 aliphatic carbocycles. The molecule has 0 bridgehead atoms. The normalized spacial score (nSPS) is 16.6. The van der Waals surface area contributed by atoms with Crippen molar-refractivity contribution >= 4 is 46.6 Å². The molecule has 0 amide bonds. The second-order valence-electron chi connectivity index (χ2n) is 4.56. The second kappa shape index (κ2) is 5.55. The van der Waals surface area contributed by atoms with Crippen molar-refractivity contribution in [1.82, 2.24) is 10.1 Å². The summed E-state index contributed by atoms with van der Waals surface area (Å²) in [6.07, 6.45) is 2.97. The Labute approximate surface area is 135 Å². The lowest BCUT2D eigenvalue weighted by Gasteiger charge is -2.34. The van der Waals surface area contributed by atoms with E-state index >= 15 is 0 Å². The number of aromatic nitrogens is 2. The number of rotatable bonds is 2. The van der Waals surface area contributed by atoms with Crippen LogP contribution in [-0.2, 0) is 5.54 Å². The maximum absolute atomic E-state index is 6.16. The minimum absolute atomic E-state index is 0. The van der Waals surface area contributed by atoms with Crippen molar-refractivity contribution in [3.63, 3.8) is 0 Å². The van der Waals surface area contributed by atoms with Crippen LogP contribution in [0, 0.1) is 3.57 Å². The van der Waals surface area contributed by atoms with Gasteiger partial charge in [0.05, 0.1) is 10.6 Å². The van der Waals surface area contributed by atoms with Gasteiger partial charge >= 0.3 is 0 Å². The van der Waals surface area contributed by atoms with E-state index in [1.54, 1.807) is 0 Å². The van der Waals surface area contributed by atoms with Gasteiger partial charge in [-0.1, -0.05) is 16.8 Å². The molecular weight excluding hydrogens is 400 g/mol. The Balaban J connectivity index is 0.00000133. The fourth-order valence-corrected chi connectivity index (χ4v) is 2.59. The maximum Gasteiger partial charge on any atom is 0.258 e. The highest BCUT2D eigenvalue weighted by molar-refractivity contribution is 14.1. The SMILES string of the molecule is Cl.NC1(c2noc(-c3ccc(Cl)c(I)c3)n2)CCC1. The molecule has 4 nitrogen and oxygen atoms in total. The number of nitrogens with zero attached hydrogens (tertiary/aromatic N) is 2. The lowest BCUT2D eigenvalue weighted by Crippen LogP contribution is -2.44. The van der Waals surface area contributed by atoms with E-state index in [4.69, 9.17) is 21.9 Å². The van der Waals surface area contributed by atoms with Crippen LogP contribution in [0.1, 0.15) is 25.1 Å². The van der Waals surface area contributed by atoms with E-state index < -0.39 is 0 Å². The smallest absolute Gasteiger partial charge is 0.258 e. The highest BCUT2D eigenvalue weighted by Crippen LogP contribution is 2.37. The third kappa shape index (κ3) is 2.74. The van der Waals surface area contributed by atoms with Gasteiger partial charge in [-0.25, -0.2) is 0 Å². The summed E-state index contributed by atoms with van der Waals surface area (Å²) >= 11 is 8.16. The fraction of sp³-hybridized carbons (Fsp3) is 0.333. The van der Waals surface area contributed by atoms with E-state index in [9.17, 15) is 0 Å². The topological polar surface area (TPSA) is 64.9 Å². The van der Waals surface area contributed by atoms with Crippen molar-refractivity contribution in [2.45, 2.75) is 24.8 Å². The Morgan fingerprint density at radius 3 is 2.68 bits per heavy atom. The van der Waals surface area contributed by atoms with Gasteiger partial charge in [0.1, 0.15) is 0 Å². The third-order valence-corrected chi connectivity index (χ3v) is 4.82. The Hall–Kier alpha value is -0.370.